The third-order valence-electron chi connectivity index (χ3n) is 5.05. The summed E-state index contributed by atoms with van der Waals surface area (Å²) < 4.78 is 1.59. The molecule has 4 aromatic rings. The van der Waals surface area contributed by atoms with Gasteiger partial charge < -0.3 is 4.57 Å². The molecule has 0 aliphatic heterocycles. The van der Waals surface area contributed by atoms with E-state index in [1.54, 1.807) is 54.1 Å². The number of ketones is 1. The predicted octanol–water partition coefficient (Wildman–Crippen LogP) is 5.73. The zero-order valence-corrected chi connectivity index (χ0v) is 16.6. The largest absolute Gasteiger partial charge is 0.311 e. The molecule has 0 unspecified atom stereocenters. The van der Waals surface area contributed by atoms with Gasteiger partial charge in [0.1, 0.15) is 0 Å². The van der Waals surface area contributed by atoms with Gasteiger partial charge in [-0.25, -0.2) is 0 Å². The summed E-state index contributed by atoms with van der Waals surface area (Å²) in [6.45, 7) is 3.82. The number of carbonyl (C=O) groups is 1. The van der Waals surface area contributed by atoms with Gasteiger partial charge in [0, 0.05) is 34.6 Å². The summed E-state index contributed by atoms with van der Waals surface area (Å²) in [5.74, 6) is -0.0942. The number of aromatic nitrogens is 1. The Morgan fingerprint density at radius 3 is 2.41 bits per heavy atom. The van der Waals surface area contributed by atoms with Gasteiger partial charge in [-0.3, -0.25) is 9.59 Å². The summed E-state index contributed by atoms with van der Waals surface area (Å²) in [6, 6.07) is 21.7. The van der Waals surface area contributed by atoms with Crippen molar-refractivity contribution in [2.75, 3.05) is 0 Å². The van der Waals surface area contributed by atoms with Crippen LogP contribution in [-0.4, -0.2) is 10.4 Å². The minimum atomic E-state index is -0.103. The highest BCUT2D eigenvalue weighted by molar-refractivity contribution is 6.30. The molecule has 1 heterocycles. The third-order valence-corrected chi connectivity index (χ3v) is 5.30. The fourth-order valence-electron chi connectivity index (χ4n) is 3.44. The molecule has 3 aromatic carbocycles. The maximum atomic E-state index is 13.0. The molecule has 3 nitrogen and oxygen atoms in total. The van der Waals surface area contributed by atoms with Crippen molar-refractivity contribution < 1.29 is 4.79 Å². The van der Waals surface area contributed by atoms with Gasteiger partial charge in [-0.1, -0.05) is 42.5 Å². The zero-order chi connectivity index (χ0) is 20.5. The molecule has 0 saturated heterocycles. The molecule has 1 aromatic heterocycles. The maximum absolute atomic E-state index is 13.0. The highest BCUT2D eigenvalue weighted by Crippen LogP contribution is 2.29. The number of benzene rings is 3. The van der Waals surface area contributed by atoms with Gasteiger partial charge >= 0.3 is 0 Å². The molecule has 4 rings (SSSR count). The van der Waals surface area contributed by atoms with Crippen molar-refractivity contribution in [1.82, 2.24) is 4.57 Å². The van der Waals surface area contributed by atoms with E-state index in [9.17, 15) is 9.59 Å². The molecule has 4 heteroatoms. The quantitative estimate of drug-likeness (QED) is 0.411. The normalized spacial score (nSPS) is 10.8. The minimum absolute atomic E-state index is 0.0942. The lowest BCUT2D eigenvalue weighted by Gasteiger charge is -2.12. The molecular formula is C25H18ClNO2. The van der Waals surface area contributed by atoms with Gasteiger partial charge in [-0.05, 0) is 65.2 Å². The first kappa shape index (κ1) is 18.9. The first-order valence-corrected chi connectivity index (χ1v) is 9.52. The highest BCUT2D eigenvalue weighted by atomic mass is 35.5. The number of rotatable bonds is 4. The molecule has 0 atom stereocenters. The topological polar surface area (TPSA) is 39.1 Å². The molecule has 0 fully saturated rings. The first-order valence-electron chi connectivity index (χ1n) is 9.15. The van der Waals surface area contributed by atoms with Crippen LogP contribution in [0.3, 0.4) is 0 Å². The lowest BCUT2D eigenvalue weighted by molar-refractivity contribution is 0.103. The molecule has 0 bridgehead atoms. The van der Waals surface area contributed by atoms with Crippen LogP contribution in [0.25, 0.3) is 28.1 Å². The Hall–Kier alpha value is -3.43. The predicted molar refractivity (Wildman–Crippen MR) is 120 cm³/mol. The third kappa shape index (κ3) is 3.53. The van der Waals surface area contributed by atoms with Crippen LogP contribution < -0.4 is 5.56 Å². The lowest BCUT2D eigenvalue weighted by atomic mass is 9.96. The van der Waals surface area contributed by atoms with Gasteiger partial charge in [0.05, 0.1) is 5.52 Å². The minimum Gasteiger partial charge on any atom is -0.311 e. The molecule has 0 aliphatic carbocycles. The first-order chi connectivity index (χ1) is 14.0. The van der Waals surface area contributed by atoms with Gasteiger partial charge in [0.15, 0.2) is 5.78 Å². The highest BCUT2D eigenvalue weighted by Gasteiger charge is 2.14. The summed E-state index contributed by atoms with van der Waals surface area (Å²) in [6.07, 6.45) is 1.77. The van der Waals surface area contributed by atoms with E-state index in [-0.39, 0.29) is 11.3 Å². The zero-order valence-electron chi connectivity index (χ0n) is 15.9. The Morgan fingerprint density at radius 1 is 0.966 bits per heavy atom. The smallest absolute Gasteiger partial charge is 0.251 e. The van der Waals surface area contributed by atoms with E-state index in [2.05, 4.69) is 6.58 Å². The summed E-state index contributed by atoms with van der Waals surface area (Å²) in [5.41, 5.74) is 4.44. The second-order valence-electron chi connectivity index (χ2n) is 6.85. The van der Waals surface area contributed by atoms with Crippen LogP contribution in [-0.2, 0) is 7.05 Å². The monoisotopic (exact) mass is 399 g/mol. The average Bonchev–Trinajstić information content (AvgIpc) is 2.76. The van der Waals surface area contributed by atoms with Crippen molar-refractivity contribution in [3.8, 4) is 11.1 Å². The Bertz CT molecular complexity index is 1320. The summed E-state index contributed by atoms with van der Waals surface area (Å²) in [7, 11) is 1.73. The van der Waals surface area contributed by atoms with Crippen molar-refractivity contribution in [3.05, 3.63) is 111 Å². The van der Waals surface area contributed by atoms with Crippen molar-refractivity contribution in [2.24, 2.45) is 7.05 Å². The molecule has 142 valence electrons. The maximum Gasteiger partial charge on any atom is 0.251 e. The Kier molecular flexibility index (Phi) is 4.91. The van der Waals surface area contributed by atoms with Gasteiger partial charge in [-0.15, -0.1) is 0 Å². The fourth-order valence-corrected chi connectivity index (χ4v) is 3.57. The van der Waals surface area contributed by atoms with E-state index in [0.29, 0.717) is 16.1 Å². The molecule has 0 spiro atoms. The SMILES string of the molecule is C=Cc1cccc(-c2cc(=O)n(C)c3ccc(C(=O)c4ccc(Cl)cc4)cc23)c1. The van der Waals surface area contributed by atoms with Crippen molar-refractivity contribution >= 4 is 34.4 Å². The van der Waals surface area contributed by atoms with Crippen molar-refractivity contribution in [1.29, 1.82) is 0 Å². The summed E-state index contributed by atoms with van der Waals surface area (Å²) in [5, 5.41) is 1.42. The molecule has 0 radical (unpaired) electrons. The van der Waals surface area contributed by atoms with Gasteiger partial charge in [0.25, 0.3) is 5.56 Å². The Balaban J connectivity index is 1.94. The molecule has 0 aliphatic rings. The van der Waals surface area contributed by atoms with Gasteiger partial charge in [-0.2, -0.15) is 0 Å². The van der Waals surface area contributed by atoms with E-state index < -0.39 is 0 Å². The molecule has 29 heavy (non-hydrogen) atoms. The number of aryl methyl sites for hydroxylation is 1. The second kappa shape index (κ2) is 7.53. The number of nitrogens with zero attached hydrogens (tertiary/aromatic N) is 1. The van der Waals surface area contributed by atoms with Crippen molar-refractivity contribution in [3.63, 3.8) is 0 Å². The van der Waals surface area contributed by atoms with Crippen LogP contribution in [0.2, 0.25) is 5.02 Å². The summed E-state index contributed by atoms with van der Waals surface area (Å²) in [4.78, 5) is 25.5. The number of halogens is 1. The second-order valence-corrected chi connectivity index (χ2v) is 7.29. The van der Waals surface area contributed by atoms with Gasteiger partial charge in [0.2, 0.25) is 0 Å². The van der Waals surface area contributed by atoms with E-state index in [0.717, 1.165) is 27.6 Å². The van der Waals surface area contributed by atoms with E-state index >= 15 is 0 Å². The molecule has 0 amide bonds. The molecule has 0 N–H and O–H groups in total. The Labute approximate surface area is 173 Å². The standard InChI is InChI=1S/C25H18ClNO2/c1-3-16-5-4-6-18(13-16)21-15-24(28)27(2)23-12-9-19(14-22(21)23)25(29)17-7-10-20(26)11-8-17/h3-15H,1H2,2H3. The fraction of sp³-hybridized carbons (Fsp3) is 0.0400. The van der Waals surface area contributed by atoms with Crippen LogP contribution in [0, 0.1) is 0 Å². The van der Waals surface area contributed by atoms with Crippen LogP contribution in [0.5, 0.6) is 0 Å². The number of hydrogen-bond acceptors (Lipinski definition) is 2. The number of carbonyl (C=O) groups excluding carboxylic acids is 1. The van der Waals surface area contributed by atoms with Crippen LogP contribution in [0.15, 0.2) is 84.2 Å². The Morgan fingerprint density at radius 2 is 1.69 bits per heavy atom. The lowest BCUT2D eigenvalue weighted by Crippen LogP contribution is -2.16. The number of fused-ring (bicyclic) bond motifs is 1. The summed E-state index contributed by atoms with van der Waals surface area (Å²) >= 11 is 5.94. The van der Waals surface area contributed by atoms with E-state index in [4.69, 9.17) is 11.6 Å². The van der Waals surface area contributed by atoms with Crippen molar-refractivity contribution in [2.45, 2.75) is 0 Å². The number of pyridine rings is 1. The molecule has 0 saturated carbocycles. The van der Waals surface area contributed by atoms with E-state index in [1.165, 1.54) is 0 Å². The van der Waals surface area contributed by atoms with Crippen LogP contribution in [0.4, 0.5) is 0 Å². The van der Waals surface area contributed by atoms with Crippen LogP contribution in [0.1, 0.15) is 21.5 Å². The van der Waals surface area contributed by atoms with Crippen LogP contribution >= 0.6 is 11.6 Å². The number of hydrogen-bond donors (Lipinski definition) is 0. The van der Waals surface area contributed by atoms with E-state index in [1.807, 2.05) is 36.4 Å². The molecular weight excluding hydrogens is 382 g/mol. The average molecular weight is 400 g/mol.